The summed E-state index contributed by atoms with van der Waals surface area (Å²) in [4.78, 5) is 0. The second-order valence-electron chi connectivity index (χ2n) is 5.25. The van der Waals surface area contributed by atoms with E-state index in [2.05, 4.69) is 29.4 Å². The van der Waals surface area contributed by atoms with E-state index in [1.165, 1.54) is 0 Å². The minimum Gasteiger partial charge on any atom is -0.387 e. The Morgan fingerprint density at radius 1 is 1.33 bits per heavy atom. The Balaban J connectivity index is 2.16. The zero-order valence-corrected chi connectivity index (χ0v) is 11.2. The molecule has 0 radical (unpaired) electrons. The molecule has 0 fully saturated rings. The third kappa shape index (κ3) is 2.89. The van der Waals surface area contributed by atoms with E-state index in [4.69, 9.17) is 0 Å². The number of benzene rings is 1. The number of aryl methyl sites for hydroxylation is 1. The highest BCUT2D eigenvalue weighted by atomic mass is 16.3. The van der Waals surface area contributed by atoms with Gasteiger partial charge in [-0.25, -0.2) is 0 Å². The molecule has 2 aromatic rings. The van der Waals surface area contributed by atoms with Crippen LogP contribution in [0.3, 0.4) is 0 Å². The predicted octanol–water partition coefficient (Wildman–Crippen LogP) is 2.15. The fraction of sp³-hybridized carbons (Fsp3) is 0.500. The molecule has 2 rings (SSSR count). The van der Waals surface area contributed by atoms with Crippen LogP contribution in [0.1, 0.15) is 31.1 Å². The number of nitrogens with one attached hydrogen (secondary N) is 2. The van der Waals surface area contributed by atoms with E-state index in [9.17, 15) is 5.11 Å². The van der Waals surface area contributed by atoms with Crippen molar-refractivity contribution in [2.24, 2.45) is 5.92 Å². The average molecular weight is 247 g/mol. The minimum atomic E-state index is -0.497. The number of aliphatic hydroxyl groups excluding tert-OH is 1. The van der Waals surface area contributed by atoms with Crippen LogP contribution in [-0.4, -0.2) is 28.4 Å². The van der Waals surface area contributed by atoms with Gasteiger partial charge in [0.1, 0.15) is 0 Å². The van der Waals surface area contributed by atoms with Gasteiger partial charge >= 0.3 is 0 Å². The van der Waals surface area contributed by atoms with Crippen LogP contribution in [0.2, 0.25) is 0 Å². The van der Waals surface area contributed by atoms with Crippen molar-refractivity contribution in [3.05, 3.63) is 29.5 Å². The molecule has 0 aliphatic rings. The summed E-state index contributed by atoms with van der Waals surface area (Å²) in [5.41, 5.74) is 3.05. The minimum absolute atomic E-state index is 0.497. The van der Waals surface area contributed by atoms with Gasteiger partial charge in [-0.2, -0.15) is 5.10 Å². The van der Waals surface area contributed by atoms with Crippen molar-refractivity contribution in [3.8, 4) is 0 Å². The molecule has 0 saturated carbocycles. The number of hydrogen-bond donors (Lipinski definition) is 3. The quantitative estimate of drug-likeness (QED) is 0.758. The number of aliphatic hydroxyl groups is 1. The van der Waals surface area contributed by atoms with Gasteiger partial charge in [0.25, 0.3) is 0 Å². The largest absolute Gasteiger partial charge is 0.387 e. The summed E-state index contributed by atoms with van der Waals surface area (Å²) < 4.78 is 0. The molecule has 1 atom stereocenters. The third-order valence-electron chi connectivity index (χ3n) is 2.98. The summed E-state index contributed by atoms with van der Waals surface area (Å²) in [6, 6.07) is 4.07. The normalized spacial score (nSPS) is 13.4. The zero-order valence-electron chi connectivity index (χ0n) is 11.2. The molecule has 0 aliphatic carbocycles. The van der Waals surface area contributed by atoms with Gasteiger partial charge in [0.15, 0.2) is 0 Å². The molecule has 1 aromatic heterocycles. The number of fused-ring (bicyclic) bond motifs is 1. The molecule has 0 amide bonds. The van der Waals surface area contributed by atoms with Crippen molar-refractivity contribution in [3.63, 3.8) is 0 Å². The smallest absolute Gasteiger partial charge is 0.0921 e. The van der Waals surface area contributed by atoms with Crippen molar-refractivity contribution in [1.29, 1.82) is 0 Å². The molecule has 0 spiro atoms. The Morgan fingerprint density at radius 3 is 2.83 bits per heavy atom. The number of aromatic nitrogens is 2. The van der Waals surface area contributed by atoms with E-state index in [1.807, 2.05) is 19.1 Å². The maximum absolute atomic E-state index is 10.3. The fourth-order valence-electron chi connectivity index (χ4n) is 2.12. The fourth-order valence-corrected chi connectivity index (χ4v) is 2.12. The molecule has 0 saturated heterocycles. The topological polar surface area (TPSA) is 60.9 Å². The van der Waals surface area contributed by atoms with Crippen LogP contribution in [0, 0.1) is 12.8 Å². The van der Waals surface area contributed by atoms with Gasteiger partial charge in [-0.1, -0.05) is 19.9 Å². The molecular weight excluding hydrogens is 226 g/mol. The number of H-pyrrole nitrogens is 1. The summed E-state index contributed by atoms with van der Waals surface area (Å²) in [5.74, 6) is 0.587. The van der Waals surface area contributed by atoms with Gasteiger partial charge in [-0.05, 0) is 36.6 Å². The number of nitrogens with zero attached hydrogens (tertiary/aromatic N) is 1. The first-order valence-electron chi connectivity index (χ1n) is 6.40. The van der Waals surface area contributed by atoms with Crippen molar-refractivity contribution >= 4 is 10.9 Å². The van der Waals surface area contributed by atoms with Crippen LogP contribution in [-0.2, 0) is 0 Å². The SMILES string of the molecule is Cc1cc([C@@H](O)CNCC(C)C)c2cn[nH]c2c1. The van der Waals surface area contributed by atoms with Crippen molar-refractivity contribution in [1.82, 2.24) is 15.5 Å². The van der Waals surface area contributed by atoms with Crippen LogP contribution in [0.25, 0.3) is 10.9 Å². The molecule has 18 heavy (non-hydrogen) atoms. The zero-order chi connectivity index (χ0) is 13.1. The Kier molecular flexibility index (Phi) is 3.99. The molecule has 4 heteroatoms. The summed E-state index contributed by atoms with van der Waals surface area (Å²) in [6.45, 7) is 7.82. The highest BCUT2D eigenvalue weighted by molar-refractivity contribution is 5.82. The Hall–Kier alpha value is -1.39. The molecule has 4 nitrogen and oxygen atoms in total. The van der Waals surface area contributed by atoms with Crippen molar-refractivity contribution in [2.75, 3.05) is 13.1 Å². The average Bonchev–Trinajstić information content (AvgIpc) is 2.74. The monoisotopic (exact) mass is 247 g/mol. The lowest BCUT2D eigenvalue weighted by molar-refractivity contribution is 0.175. The molecule has 1 heterocycles. The first-order chi connectivity index (χ1) is 8.58. The number of rotatable bonds is 5. The molecule has 3 N–H and O–H groups in total. The molecule has 0 aliphatic heterocycles. The third-order valence-corrected chi connectivity index (χ3v) is 2.98. The van der Waals surface area contributed by atoms with E-state index >= 15 is 0 Å². The summed E-state index contributed by atoms with van der Waals surface area (Å²) in [5, 5.41) is 21.5. The van der Waals surface area contributed by atoms with Gasteiger partial charge in [-0.15, -0.1) is 0 Å². The molecule has 1 aromatic carbocycles. The highest BCUT2D eigenvalue weighted by Crippen LogP contribution is 2.24. The van der Waals surface area contributed by atoms with Gasteiger partial charge in [-0.3, -0.25) is 5.10 Å². The second kappa shape index (κ2) is 5.50. The molecule has 0 bridgehead atoms. The van der Waals surface area contributed by atoms with Crippen molar-refractivity contribution in [2.45, 2.75) is 26.9 Å². The molecule has 98 valence electrons. The lowest BCUT2D eigenvalue weighted by Crippen LogP contribution is -2.25. The summed E-state index contributed by atoms with van der Waals surface area (Å²) >= 11 is 0. The van der Waals surface area contributed by atoms with Gasteiger partial charge in [0, 0.05) is 11.9 Å². The number of aromatic amines is 1. The van der Waals surface area contributed by atoms with Gasteiger partial charge < -0.3 is 10.4 Å². The van der Waals surface area contributed by atoms with Crippen LogP contribution in [0.4, 0.5) is 0 Å². The summed E-state index contributed by atoms with van der Waals surface area (Å²) in [7, 11) is 0. The van der Waals surface area contributed by atoms with Gasteiger partial charge in [0.2, 0.25) is 0 Å². The highest BCUT2D eigenvalue weighted by Gasteiger charge is 2.13. The van der Waals surface area contributed by atoms with Crippen LogP contribution in [0.15, 0.2) is 18.3 Å². The maximum Gasteiger partial charge on any atom is 0.0921 e. The van der Waals surface area contributed by atoms with E-state index < -0.39 is 6.10 Å². The van der Waals surface area contributed by atoms with E-state index in [0.29, 0.717) is 12.5 Å². The van der Waals surface area contributed by atoms with E-state index in [-0.39, 0.29) is 0 Å². The Labute approximate surface area is 107 Å². The first kappa shape index (κ1) is 13.1. The lowest BCUT2D eigenvalue weighted by Gasteiger charge is -2.15. The molecule has 0 unspecified atom stereocenters. The van der Waals surface area contributed by atoms with Crippen molar-refractivity contribution < 1.29 is 5.11 Å². The second-order valence-corrected chi connectivity index (χ2v) is 5.25. The first-order valence-corrected chi connectivity index (χ1v) is 6.40. The molecular formula is C14H21N3O. The van der Waals surface area contributed by atoms with Crippen LogP contribution < -0.4 is 5.32 Å². The Bertz CT molecular complexity index is 519. The van der Waals surface area contributed by atoms with Crippen LogP contribution >= 0.6 is 0 Å². The van der Waals surface area contributed by atoms with E-state index in [0.717, 1.165) is 28.6 Å². The summed E-state index contributed by atoms with van der Waals surface area (Å²) in [6.07, 6.45) is 1.28. The Morgan fingerprint density at radius 2 is 2.11 bits per heavy atom. The van der Waals surface area contributed by atoms with Crippen LogP contribution in [0.5, 0.6) is 0 Å². The van der Waals surface area contributed by atoms with Gasteiger partial charge in [0.05, 0.1) is 17.8 Å². The van der Waals surface area contributed by atoms with E-state index in [1.54, 1.807) is 6.20 Å². The standard InChI is InChI=1S/C14H21N3O/c1-9(2)6-15-8-14(18)11-4-10(3)5-13-12(11)7-16-17-13/h4-5,7,9,14-15,18H,6,8H2,1-3H3,(H,16,17)/t14-/m0/s1. The predicted molar refractivity (Wildman–Crippen MR) is 73.5 cm³/mol. The maximum atomic E-state index is 10.3. The number of hydrogen-bond acceptors (Lipinski definition) is 3. The lowest BCUT2D eigenvalue weighted by atomic mass is 10.0.